The van der Waals surface area contributed by atoms with Crippen molar-refractivity contribution < 1.29 is 4.79 Å². The maximum atomic E-state index is 11.3. The molecule has 0 saturated carbocycles. The molecule has 1 aromatic rings. The highest BCUT2D eigenvalue weighted by Crippen LogP contribution is 2.29. The Kier molecular flexibility index (Phi) is 1.68. The van der Waals surface area contributed by atoms with Crippen LogP contribution in [-0.2, 0) is 0 Å². The summed E-state index contributed by atoms with van der Waals surface area (Å²) in [5, 5.41) is 0. The normalized spacial score (nSPS) is 19.7. The van der Waals surface area contributed by atoms with Crippen molar-refractivity contribution in [2.45, 2.75) is 12.5 Å². The van der Waals surface area contributed by atoms with Crippen LogP contribution in [0.25, 0.3) is 0 Å². The van der Waals surface area contributed by atoms with Crippen LogP contribution in [0.3, 0.4) is 0 Å². The topological polar surface area (TPSA) is 43.1 Å². The van der Waals surface area contributed by atoms with Crippen molar-refractivity contribution in [3.63, 3.8) is 0 Å². The summed E-state index contributed by atoms with van der Waals surface area (Å²) < 4.78 is 0. The second kappa shape index (κ2) is 2.72. The molecule has 2 heteroatoms. The fourth-order valence-electron chi connectivity index (χ4n) is 1.63. The van der Waals surface area contributed by atoms with Crippen LogP contribution in [0.15, 0.2) is 18.2 Å². The molecular weight excluding hydrogens is 162 g/mol. The second-order valence-corrected chi connectivity index (χ2v) is 3.18. The zero-order chi connectivity index (χ0) is 9.42. The molecule has 0 amide bonds. The molecule has 0 saturated heterocycles. The van der Waals surface area contributed by atoms with Crippen LogP contribution in [0.5, 0.6) is 0 Å². The van der Waals surface area contributed by atoms with Crippen molar-refractivity contribution in [3.8, 4) is 12.3 Å². The number of benzene rings is 1. The first-order valence-corrected chi connectivity index (χ1v) is 4.11. The van der Waals surface area contributed by atoms with Gasteiger partial charge in [0.25, 0.3) is 0 Å². The van der Waals surface area contributed by atoms with Crippen molar-refractivity contribution in [3.05, 3.63) is 34.9 Å². The molecule has 2 N–H and O–H groups in total. The summed E-state index contributed by atoms with van der Waals surface area (Å²) in [6, 6.07) is 5.19. The molecule has 0 bridgehead atoms. The maximum Gasteiger partial charge on any atom is 0.165 e. The number of fused-ring (bicyclic) bond motifs is 1. The Morgan fingerprint density at radius 3 is 3.00 bits per heavy atom. The van der Waals surface area contributed by atoms with E-state index in [4.69, 9.17) is 12.2 Å². The van der Waals surface area contributed by atoms with Crippen molar-refractivity contribution in [1.82, 2.24) is 0 Å². The Morgan fingerprint density at radius 1 is 1.54 bits per heavy atom. The highest BCUT2D eigenvalue weighted by molar-refractivity contribution is 6.01. The monoisotopic (exact) mass is 171 g/mol. The zero-order valence-corrected chi connectivity index (χ0v) is 7.08. The predicted octanol–water partition coefficient (Wildman–Crippen LogP) is 1.25. The van der Waals surface area contributed by atoms with E-state index in [1.165, 1.54) is 0 Å². The fourth-order valence-corrected chi connectivity index (χ4v) is 1.63. The molecular formula is C11H9NO. The number of carbonyl (C=O) groups excluding carboxylic acids is 1. The third kappa shape index (κ3) is 1.14. The van der Waals surface area contributed by atoms with Gasteiger partial charge < -0.3 is 5.73 Å². The lowest BCUT2D eigenvalue weighted by atomic mass is 10.1. The van der Waals surface area contributed by atoms with Crippen molar-refractivity contribution in [1.29, 1.82) is 0 Å². The average Bonchev–Trinajstić information content (AvgIpc) is 2.42. The number of nitrogens with two attached hydrogens (primary N) is 1. The van der Waals surface area contributed by atoms with Crippen LogP contribution in [-0.4, -0.2) is 5.78 Å². The molecule has 0 aromatic heterocycles. The van der Waals surface area contributed by atoms with Crippen molar-refractivity contribution >= 4 is 5.78 Å². The minimum Gasteiger partial charge on any atom is -0.324 e. The minimum atomic E-state index is -0.171. The van der Waals surface area contributed by atoms with E-state index >= 15 is 0 Å². The number of hydrogen-bond acceptors (Lipinski definition) is 2. The van der Waals surface area contributed by atoms with E-state index in [9.17, 15) is 4.79 Å². The molecule has 64 valence electrons. The van der Waals surface area contributed by atoms with Gasteiger partial charge in [0.05, 0.1) is 0 Å². The third-order valence-electron chi connectivity index (χ3n) is 2.32. The molecule has 13 heavy (non-hydrogen) atoms. The van der Waals surface area contributed by atoms with Crippen LogP contribution in [0.4, 0.5) is 0 Å². The molecule has 1 aliphatic rings. The molecule has 0 radical (unpaired) electrons. The summed E-state index contributed by atoms with van der Waals surface area (Å²) in [5.74, 6) is 2.64. The standard InChI is InChI=1S/C11H9NO/c1-2-7-3-4-8-9(5-7)10(12)6-11(8)13/h1,3-5,10H,6,12H2/t10-/m0/s1. The van der Waals surface area contributed by atoms with Gasteiger partial charge in [-0.15, -0.1) is 6.42 Å². The summed E-state index contributed by atoms with van der Waals surface area (Å²) in [4.78, 5) is 11.3. The first kappa shape index (κ1) is 8.03. The van der Waals surface area contributed by atoms with Crippen molar-refractivity contribution in [2.24, 2.45) is 5.73 Å². The van der Waals surface area contributed by atoms with E-state index in [0.717, 1.165) is 16.7 Å². The zero-order valence-electron chi connectivity index (χ0n) is 7.08. The molecule has 1 aromatic carbocycles. The third-order valence-corrected chi connectivity index (χ3v) is 2.32. The van der Waals surface area contributed by atoms with Gasteiger partial charge in [-0.05, 0) is 23.8 Å². The van der Waals surface area contributed by atoms with E-state index in [1.54, 1.807) is 12.1 Å². The number of Topliss-reactive ketones (excluding diaryl/α,β-unsaturated/α-hetero) is 1. The van der Waals surface area contributed by atoms with Crippen LogP contribution in [0, 0.1) is 12.3 Å². The molecule has 1 atom stereocenters. The highest BCUT2D eigenvalue weighted by Gasteiger charge is 2.26. The summed E-state index contributed by atoms with van der Waals surface area (Å²) in [6.07, 6.45) is 5.65. The summed E-state index contributed by atoms with van der Waals surface area (Å²) >= 11 is 0. The van der Waals surface area contributed by atoms with E-state index in [0.29, 0.717) is 6.42 Å². The molecule has 0 spiro atoms. The summed E-state index contributed by atoms with van der Waals surface area (Å²) in [6.45, 7) is 0. The number of ketones is 1. The van der Waals surface area contributed by atoms with Gasteiger partial charge in [-0.3, -0.25) is 4.79 Å². The molecule has 0 aliphatic heterocycles. The van der Waals surface area contributed by atoms with Gasteiger partial charge in [0.15, 0.2) is 5.78 Å². The van der Waals surface area contributed by atoms with Gasteiger partial charge in [0, 0.05) is 23.6 Å². The van der Waals surface area contributed by atoms with Crippen LogP contribution in [0.2, 0.25) is 0 Å². The van der Waals surface area contributed by atoms with E-state index < -0.39 is 0 Å². The van der Waals surface area contributed by atoms with Crippen molar-refractivity contribution in [2.75, 3.05) is 0 Å². The van der Waals surface area contributed by atoms with Gasteiger partial charge in [-0.2, -0.15) is 0 Å². The Bertz CT molecular complexity index is 415. The second-order valence-electron chi connectivity index (χ2n) is 3.18. The van der Waals surface area contributed by atoms with Gasteiger partial charge in [0.2, 0.25) is 0 Å². The fraction of sp³-hybridized carbons (Fsp3) is 0.182. The summed E-state index contributed by atoms with van der Waals surface area (Å²) in [7, 11) is 0. The molecule has 2 rings (SSSR count). The number of rotatable bonds is 0. The lowest BCUT2D eigenvalue weighted by molar-refractivity contribution is 0.0989. The van der Waals surface area contributed by atoms with Crippen LogP contribution < -0.4 is 5.73 Å². The molecule has 0 unspecified atom stereocenters. The Balaban J connectivity index is 2.60. The lowest BCUT2D eigenvalue weighted by Gasteiger charge is -2.02. The molecule has 0 fully saturated rings. The van der Waals surface area contributed by atoms with Gasteiger partial charge >= 0.3 is 0 Å². The molecule has 1 aliphatic carbocycles. The Morgan fingerprint density at radius 2 is 2.31 bits per heavy atom. The average molecular weight is 171 g/mol. The predicted molar refractivity (Wildman–Crippen MR) is 50.3 cm³/mol. The number of hydrogen-bond donors (Lipinski definition) is 1. The van der Waals surface area contributed by atoms with E-state index in [2.05, 4.69) is 5.92 Å². The SMILES string of the molecule is C#Cc1ccc2c(c1)[C@@H](N)CC2=O. The van der Waals surface area contributed by atoms with Crippen LogP contribution in [0.1, 0.15) is 33.9 Å². The Hall–Kier alpha value is -1.59. The van der Waals surface area contributed by atoms with E-state index in [-0.39, 0.29) is 11.8 Å². The number of carbonyl (C=O) groups is 1. The first-order chi connectivity index (χ1) is 6.22. The van der Waals surface area contributed by atoms with E-state index in [1.807, 2.05) is 6.07 Å². The smallest absolute Gasteiger partial charge is 0.165 e. The first-order valence-electron chi connectivity index (χ1n) is 4.11. The lowest BCUT2D eigenvalue weighted by Crippen LogP contribution is -2.05. The quantitative estimate of drug-likeness (QED) is 0.597. The van der Waals surface area contributed by atoms with Gasteiger partial charge in [-0.25, -0.2) is 0 Å². The number of terminal acetylenes is 1. The van der Waals surface area contributed by atoms with Gasteiger partial charge in [-0.1, -0.05) is 5.92 Å². The van der Waals surface area contributed by atoms with Crippen LogP contribution >= 0.6 is 0 Å². The maximum absolute atomic E-state index is 11.3. The van der Waals surface area contributed by atoms with Gasteiger partial charge in [0.1, 0.15) is 0 Å². The Labute approximate surface area is 76.8 Å². The largest absolute Gasteiger partial charge is 0.324 e. The molecule has 2 nitrogen and oxygen atoms in total. The molecule has 0 heterocycles. The summed E-state index contributed by atoms with van der Waals surface area (Å²) in [5.41, 5.74) is 8.17. The minimum absolute atomic E-state index is 0.117. The highest BCUT2D eigenvalue weighted by atomic mass is 16.1.